The van der Waals surface area contributed by atoms with Crippen LogP contribution in [0.25, 0.3) is 10.8 Å². The molecule has 1 unspecified atom stereocenters. The lowest BCUT2D eigenvalue weighted by Gasteiger charge is -2.18. The molecule has 0 heterocycles. The van der Waals surface area contributed by atoms with Crippen molar-refractivity contribution < 1.29 is 4.79 Å². The van der Waals surface area contributed by atoms with Gasteiger partial charge in [0.05, 0.1) is 6.04 Å². The fourth-order valence-corrected chi connectivity index (χ4v) is 3.00. The molecule has 0 aromatic heterocycles. The Balaban J connectivity index is 1.90. The van der Waals surface area contributed by atoms with Gasteiger partial charge in [0.25, 0.3) is 5.91 Å². The van der Waals surface area contributed by atoms with E-state index < -0.39 is 0 Å². The number of benzene rings is 3. The first-order valence-electron chi connectivity index (χ1n) is 7.92. The Hall–Kier alpha value is -2.61. The van der Waals surface area contributed by atoms with Crippen molar-refractivity contribution in [2.24, 2.45) is 0 Å². The Labute approximate surface area is 137 Å². The van der Waals surface area contributed by atoms with Gasteiger partial charge in [-0.25, -0.2) is 0 Å². The highest BCUT2D eigenvalue weighted by Crippen LogP contribution is 2.22. The highest BCUT2D eigenvalue weighted by atomic mass is 16.1. The smallest absolute Gasteiger partial charge is 0.252 e. The average Bonchev–Trinajstić information content (AvgIpc) is 2.56. The predicted molar refractivity (Wildman–Crippen MR) is 95.7 cm³/mol. The predicted octanol–water partition coefficient (Wildman–Crippen LogP) is 4.95. The van der Waals surface area contributed by atoms with E-state index in [1.165, 1.54) is 16.7 Å². The molecule has 3 rings (SSSR count). The summed E-state index contributed by atoms with van der Waals surface area (Å²) in [6, 6.07) is 20.1. The summed E-state index contributed by atoms with van der Waals surface area (Å²) in [5.41, 5.74) is 4.29. The zero-order valence-corrected chi connectivity index (χ0v) is 13.8. The first-order chi connectivity index (χ1) is 11.1. The summed E-state index contributed by atoms with van der Waals surface area (Å²) in [4.78, 5) is 12.7. The molecule has 1 atom stereocenters. The minimum atomic E-state index is -0.0322. The van der Waals surface area contributed by atoms with Crippen LogP contribution in [0.15, 0.2) is 60.7 Å². The summed E-state index contributed by atoms with van der Waals surface area (Å²) in [5, 5.41) is 5.20. The molecular formula is C21H21NO. The molecule has 0 saturated carbocycles. The highest BCUT2D eigenvalue weighted by Gasteiger charge is 2.15. The third-order valence-corrected chi connectivity index (χ3v) is 4.28. The van der Waals surface area contributed by atoms with Gasteiger partial charge < -0.3 is 5.32 Å². The van der Waals surface area contributed by atoms with Crippen molar-refractivity contribution in [3.63, 3.8) is 0 Å². The van der Waals surface area contributed by atoms with Gasteiger partial charge in [0.15, 0.2) is 0 Å². The molecule has 2 nitrogen and oxygen atoms in total. The Kier molecular flexibility index (Phi) is 4.16. The van der Waals surface area contributed by atoms with Crippen LogP contribution in [-0.2, 0) is 0 Å². The Bertz CT molecular complexity index is 861. The van der Waals surface area contributed by atoms with Crippen LogP contribution in [0.1, 0.15) is 40.0 Å². The quantitative estimate of drug-likeness (QED) is 0.729. The molecule has 0 fully saturated rings. The molecule has 0 bridgehead atoms. The number of hydrogen-bond acceptors (Lipinski definition) is 1. The van der Waals surface area contributed by atoms with Crippen LogP contribution >= 0.6 is 0 Å². The standard InChI is InChI=1S/C21H21NO/c1-14-11-12-15(2)20(13-14)16(3)22-21(23)19-10-6-8-17-7-4-5-9-18(17)19/h4-13,16H,1-3H3,(H,22,23). The summed E-state index contributed by atoms with van der Waals surface area (Å²) in [6.07, 6.45) is 0. The fraction of sp³-hybridized carbons (Fsp3) is 0.190. The second-order valence-corrected chi connectivity index (χ2v) is 6.08. The molecule has 1 amide bonds. The Morgan fingerprint density at radius 3 is 2.52 bits per heavy atom. The van der Waals surface area contributed by atoms with Gasteiger partial charge in [0.1, 0.15) is 0 Å². The van der Waals surface area contributed by atoms with Gasteiger partial charge in [-0.2, -0.15) is 0 Å². The van der Waals surface area contributed by atoms with E-state index in [9.17, 15) is 4.79 Å². The van der Waals surface area contributed by atoms with Crippen LogP contribution in [0.5, 0.6) is 0 Å². The third-order valence-electron chi connectivity index (χ3n) is 4.28. The van der Waals surface area contributed by atoms with E-state index in [1.807, 2.05) is 49.4 Å². The van der Waals surface area contributed by atoms with Gasteiger partial charge >= 0.3 is 0 Å². The van der Waals surface area contributed by atoms with E-state index in [1.54, 1.807) is 0 Å². The maximum atomic E-state index is 12.7. The summed E-state index contributed by atoms with van der Waals surface area (Å²) in [6.45, 7) is 6.18. The molecular weight excluding hydrogens is 282 g/mol. The van der Waals surface area contributed by atoms with Crippen LogP contribution in [-0.4, -0.2) is 5.91 Å². The van der Waals surface area contributed by atoms with Crippen molar-refractivity contribution in [2.45, 2.75) is 26.8 Å². The maximum Gasteiger partial charge on any atom is 0.252 e. The summed E-state index contributed by atoms with van der Waals surface area (Å²) in [5.74, 6) is -0.0322. The molecule has 1 N–H and O–H groups in total. The molecule has 0 aliphatic carbocycles. The van der Waals surface area contributed by atoms with Gasteiger partial charge in [-0.15, -0.1) is 0 Å². The topological polar surface area (TPSA) is 29.1 Å². The lowest BCUT2D eigenvalue weighted by molar-refractivity contribution is 0.0941. The number of amides is 1. The first kappa shape index (κ1) is 15.3. The van der Waals surface area contributed by atoms with Crippen LogP contribution in [0.4, 0.5) is 0 Å². The van der Waals surface area contributed by atoms with Crippen LogP contribution in [0, 0.1) is 13.8 Å². The fourth-order valence-electron chi connectivity index (χ4n) is 3.00. The zero-order chi connectivity index (χ0) is 16.4. The molecule has 23 heavy (non-hydrogen) atoms. The van der Waals surface area contributed by atoms with Crippen molar-refractivity contribution in [1.29, 1.82) is 0 Å². The van der Waals surface area contributed by atoms with Crippen molar-refractivity contribution in [3.05, 3.63) is 82.9 Å². The van der Waals surface area contributed by atoms with Crippen LogP contribution in [0.3, 0.4) is 0 Å². The second kappa shape index (κ2) is 6.25. The Morgan fingerprint density at radius 1 is 0.957 bits per heavy atom. The molecule has 0 aliphatic rings. The second-order valence-electron chi connectivity index (χ2n) is 6.08. The van der Waals surface area contributed by atoms with E-state index in [0.717, 1.165) is 16.3 Å². The zero-order valence-electron chi connectivity index (χ0n) is 13.8. The van der Waals surface area contributed by atoms with Crippen molar-refractivity contribution >= 4 is 16.7 Å². The number of carbonyl (C=O) groups excluding carboxylic acids is 1. The molecule has 0 spiro atoms. The SMILES string of the molecule is Cc1ccc(C)c(C(C)NC(=O)c2cccc3ccccc23)c1. The van der Waals surface area contributed by atoms with Gasteiger partial charge in [-0.05, 0) is 48.7 Å². The van der Waals surface area contributed by atoms with E-state index in [2.05, 4.69) is 37.4 Å². The highest BCUT2D eigenvalue weighted by molar-refractivity contribution is 6.07. The minimum absolute atomic E-state index is 0.0265. The average molecular weight is 303 g/mol. The number of nitrogens with one attached hydrogen (secondary N) is 1. The lowest BCUT2D eigenvalue weighted by Crippen LogP contribution is -2.27. The monoisotopic (exact) mass is 303 g/mol. The molecule has 3 aromatic rings. The number of hydrogen-bond donors (Lipinski definition) is 1. The van der Waals surface area contributed by atoms with Gasteiger partial charge in [-0.1, -0.05) is 60.2 Å². The maximum absolute atomic E-state index is 12.7. The van der Waals surface area contributed by atoms with Crippen molar-refractivity contribution in [1.82, 2.24) is 5.32 Å². The third kappa shape index (κ3) is 3.11. The number of carbonyl (C=O) groups is 1. The van der Waals surface area contributed by atoms with Crippen molar-refractivity contribution in [2.75, 3.05) is 0 Å². The molecule has 2 heteroatoms. The molecule has 116 valence electrons. The molecule has 3 aromatic carbocycles. The summed E-state index contributed by atoms with van der Waals surface area (Å²) in [7, 11) is 0. The lowest BCUT2D eigenvalue weighted by atomic mass is 9.99. The Morgan fingerprint density at radius 2 is 1.70 bits per heavy atom. The van der Waals surface area contributed by atoms with Gasteiger partial charge in [-0.3, -0.25) is 4.79 Å². The molecule has 0 saturated heterocycles. The minimum Gasteiger partial charge on any atom is -0.345 e. The number of fused-ring (bicyclic) bond motifs is 1. The van der Waals surface area contributed by atoms with E-state index in [0.29, 0.717) is 0 Å². The van der Waals surface area contributed by atoms with Gasteiger partial charge in [0, 0.05) is 5.56 Å². The number of aryl methyl sites for hydroxylation is 2. The molecule has 0 radical (unpaired) electrons. The normalized spacial score (nSPS) is 12.1. The largest absolute Gasteiger partial charge is 0.345 e. The van der Waals surface area contributed by atoms with E-state index in [-0.39, 0.29) is 11.9 Å². The molecule has 0 aliphatic heterocycles. The van der Waals surface area contributed by atoms with E-state index in [4.69, 9.17) is 0 Å². The van der Waals surface area contributed by atoms with E-state index >= 15 is 0 Å². The summed E-state index contributed by atoms with van der Waals surface area (Å²) >= 11 is 0. The van der Waals surface area contributed by atoms with Crippen LogP contribution in [0.2, 0.25) is 0 Å². The number of rotatable bonds is 3. The van der Waals surface area contributed by atoms with Crippen molar-refractivity contribution in [3.8, 4) is 0 Å². The van der Waals surface area contributed by atoms with Gasteiger partial charge in [0.2, 0.25) is 0 Å². The first-order valence-corrected chi connectivity index (χ1v) is 7.92. The van der Waals surface area contributed by atoms with Crippen LogP contribution < -0.4 is 5.32 Å². The summed E-state index contributed by atoms with van der Waals surface area (Å²) < 4.78 is 0.